The molecular formula is C31H30Cl2SiZr-2. The van der Waals surface area contributed by atoms with E-state index in [1.807, 2.05) is 12.1 Å². The van der Waals surface area contributed by atoms with E-state index in [2.05, 4.69) is 124 Å². The molecule has 0 saturated heterocycles. The van der Waals surface area contributed by atoms with Crippen LogP contribution in [0.25, 0.3) is 11.1 Å². The molecule has 0 N–H and O–H groups in total. The minimum absolute atomic E-state index is 0. The van der Waals surface area contributed by atoms with Crippen molar-refractivity contribution in [3.63, 3.8) is 0 Å². The summed E-state index contributed by atoms with van der Waals surface area (Å²) in [7, 11) is 0. The van der Waals surface area contributed by atoms with Gasteiger partial charge in [0.2, 0.25) is 0 Å². The number of hydrogen-bond donors (Lipinski definition) is 0. The summed E-state index contributed by atoms with van der Waals surface area (Å²) in [6.07, 6.45) is 12.9. The summed E-state index contributed by atoms with van der Waals surface area (Å²) in [5, 5.41) is 1.56. The van der Waals surface area contributed by atoms with Crippen LogP contribution in [0, 0.1) is 12.2 Å². The summed E-state index contributed by atoms with van der Waals surface area (Å²) >= 11 is 1.69. The summed E-state index contributed by atoms with van der Waals surface area (Å²) in [5.74, 6) is 0. The Morgan fingerprint density at radius 1 is 0.600 bits per heavy atom. The van der Waals surface area contributed by atoms with Gasteiger partial charge in [-0.3, -0.25) is 12.2 Å². The molecule has 5 rings (SSSR count). The van der Waals surface area contributed by atoms with E-state index in [0.717, 1.165) is 12.8 Å². The summed E-state index contributed by atoms with van der Waals surface area (Å²) in [5.41, 5.74) is 7.80. The van der Waals surface area contributed by atoms with E-state index < -0.39 is 0 Å². The van der Waals surface area contributed by atoms with Crippen LogP contribution in [0.1, 0.15) is 37.8 Å². The predicted octanol–water partition coefficient (Wildman–Crippen LogP) is 1.52. The van der Waals surface area contributed by atoms with E-state index in [9.17, 15) is 0 Å². The molecule has 0 fully saturated rings. The molecule has 0 spiro atoms. The molecule has 0 radical (unpaired) electrons. The SMILES string of the molecule is CC1=[C-]CC(c2ccccc2)=C1.CC1=[C-]CC(c2ccccc2)=C1.C[Si](=[Zr+2])c1ccccc1.[Cl-].[Cl-]. The van der Waals surface area contributed by atoms with Gasteiger partial charge in [0, 0.05) is 0 Å². The van der Waals surface area contributed by atoms with Crippen LogP contribution in [0.3, 0.4) is 0 Å². The first-order valence-corrected chi connectivity index (χ1v) is 17.0. The van der Waals surface area contributed by atoms with Crippen LogP contribution in [-0.2, 0) is 23.3 Å². The van der Waals surface area contributed by atoms with Gasteiger partial charge in [0.1, 0.15) is 0 Å². The van der Waals surface area contributed by atoms with Crippen molar-refractivity contribution in [3.8, 4) is 0 Å². The molecule has 0 saturated carbocycles. The standard InChI is InChI=1S/2C12H11.C7H8Si.2ClH.Zr/c2*1-10-7-8-12(9-10)11-5-3-2-4-6-11;1-8-7-5-3-2-4-6-7;;;/h2*2-6,9H,8H2,1H3;2-6H,1H3;2*1H;/q2*-1;;;;+2/p-2. The quantitative estimate of drug-likeness (QED) is 0.320. The second-order valence-corrected chi connectivity index (χ2v) is 15.5. The summed E-state index contributed by atoms with van der Waals surface area (Å²) < 4.78 is 0. The van der Waals surface area contributed by atoms with Gasteiger partial charge in [0.25, 0.3) is 0 Å². The molecule has 2 aliphatic carbocycles. The Kier molecular flexibility index (Phi) is 15.1. The molecule has 0 heterocycles. The first-order valence-electron chi connectivity index (χ1n) is 11.3. The Morgan fingerprint density at radius 3 is 1.20 bits per heavy atom. The molecule has 0 nitrogen and oxygen atoms in total. The predicted molar refractivity (Wildman–Crippen MR) is 141 cm³/mol. The Hall–Kier alpha value is -1.70. The van der Waals surface area contributed by atoms with Gasteiger partial charge in [0.05, 0.1) is 0 Å². The number of rotatable bonds is 3. The molecule has 0 unspecified atom stereocenters. The zero-order valence-electron chi connectivity index (χ0n) is 20.5. The maximum Gasteiger partial charge on any atom is -1.00 e. The Morgan fingerprint density at radius 2 is 0.943 bits per heavy atom. The number of hydrogen-bond acceptors (Lipinski definition) is 0. The Bertz CT molecular complexity index is 1110. The van der Waals surface area contributed by atoms with Crippen molar-refractivity contribution in [2.45, 2.75) is 33.2 Å². The van der Waals surface area contributed by atoms with E-state index in [-0.39, 0.29) is 30.2 Å². The molecule has 4 heteroatoms. The fourth-order valence-electron chi connectivity index (χ4n) is 3.56. The average Bonchev–Trinajstić information content (AvgIpc) is 3.50. The Balaban J connectivity index is 0.000000258. The second-order valence-electron chi connectivity index (χ2n) is 8.14. The van der Waals surface area contributed by atoms with E-state index in [4.69, 9.17) is 0 Å². The van der Waals surface area contributed by atoms with Gasteiger partial charge in [-0.25, -0.2) is 23.3 Å². The molecule has 0 aromatic heterocycles. The van der Waals surface area contributed by atoms with E-state index in [1.165, 1.54) is 33.4 Å². The van der Waals surface area contributed by atoms with Crippen LogP contribution in [-0.4, -0.2) is 5.43 Å². The van der Waals surface area contributed by atoms with Crippen molar-refractivity contribution in [3.05, 3.63) is 138 Å². The molecule has 3 aromatic carbocycles. The fourth-order valence-corrected chi connectivity index (χ4v) is 5.48. The fraction of sp³-hybridized carbons (Fsp3) is 0.161. The zero-order chi connectivity index (χ0) is 23.5. The largest absolute Gasteiger partial charge is 1.00 e. The van der Waals surface area contributed by atoms with Gasteiger partial charge in [-0.15, -0.1) is 24.0 Å². The van der Waals surface area contributed by atoms with Crippen molar-refractivity contribution in [2.24, 2.45) is 0 Å². The van der Waals surface area contributed by atoms with E-state index in [0.29, 0.717) is 0 Å². The van der Waals surface area contributed by atoms with Gasteiger partial charge >= 0.3 is 70.8 Å². The molecule has 0 bridgehead atoms. The van der Waals surface area contributed by atoms with Crippen molar-refractivity contribution < 1.29 is 48.1 Å². The van der Waals surface area contributed by atoms with Gasteiger partial charge in [0.15, 0.2) is 0 Å². The first kappa shape index (κ1) is 31.3. The van der Waals surface area contributed by atoms with Crippen LogP contribution in [0.5, 0.6) is 0 Å². The van der Waals surface area contributed by atoms with Gasteiger partial charge in [-0.2, -0.15) is 0 Å². The smallest absolute Gasteiger partial charge is 1.00 e. The average molecular weight is 593 g/mol. The van der Waals surface area contributed by atoms with E-state index in [1.54, 1.807) is 28.5 Å². The topological polar surface area (TPSA) is 0 Å². The Labute approximate surface area is 239 Å². The van der Waals surface area contributed by atoms with Crippen LogP contribution in [0.2, 0.25) is 6.55 Å². The second kappa shape index (κ2) is 16.9. The third-order valence-electron chi connectivity index (χ3n) is 5.39. The maximum absolute atomic E-state index is 3.29. The van der Waals surface area contributed by atoms with Crippen LogP contribution < -0.4 is 30.0 Å². The number of allylic oxidation sites excluding steroid dienone is 8. The monoisotopic (exact) mass is 590 g/mol. The molecule has 0 amide bonds. The van der Waals surface area contributed by atoms with Crippen LogP contribution in [0.4, 0.5) is 0 Å². The summed E-state index contributed by atoms with van der Waals surface area (Å²) in [4.78, 5) is 0. The molecule has 0 atom stereocenters. The summed E-state index contributed by atoms with van der Waals surface area (Å²) in [6.45, 7) is 6.53. The molecule has 2 aliphatic rings. The van der Waals surface area contributed by atoms with Crippen molar-refractivity contribution in [1.82, 2.24) is 0 Å². The molecule has 3 aromatic rings. The maximum atomic E-state index is 3.29. The van der Waals surface area contributed by atoms with Gasteiger partial charge < -0.3 is 24.8 Å². The molecular weight excluding hydrogens is 563 g/mol. The third kappa shape index (κ3) is 10.8. The van der Waals surface area contributed by atoms with Gasteiger partial charge in [-0.05, 0) is 11.1 Å². The summed E-state index contributed by atoms with van der Waals surface area (Å²) in [6, 6.07) is 31.7. The first-order chi connectivity index (χ1) is 16.0. The molecule has 178 valence electrons. The minimum atomic E-state index is -0.122. The molecule has 35 heavy (non-hydrogen) atoms. The van der Waals surface area contributed by atoms with Crippen LogP contribution >= 0.6 is 0 Å². The van der Waals surface area contributed by atoms with Crippen molar-refractivity contribution in [2.75, 3.05) is 0 Å². The van der Waals surface area contributed by atoms with Crippen molar-refractivity contribution in [1.29, 1.82) is 0 Å². The van der Waals surface area contributed by atoms with Gasteiger partial charge in [-0.1, -0.05) is 74.5 Å². The number of halogens is 2. The van der Waals surface area contributed by atoms with E-state index >= 15 is 0 Å². The van der Waals surface area contributed by atoms with Crippen LogP contribution in [0.15, 0.2) is 114 Å². The number of benzene rings is 3. The third-order valence-corrected chi connectivity index (χ3v) is 8.72. The minimum Gasteiger partial charge on any atom is -1.00 e. The zero-order valence-corrected chi connectivity index (χ0v) is 25.5. The molecule has 0 aliphatic heterocycles. The van der Waals surface area contributed by atoms with Crippen molar-refractivity contribution >= 4 is 21.8 Å². The normalized spacial score (nSPS) is 13.2.